The molecule has 3 fully saturated rings. The van der Waals surface area contributed by atoms with Crippen molar-refractivity contribution in [3.8, 4) is 0 Å². The van der Waals surface area contributed by atoms with Gasteiger partial charge in [-0.2, -0.15) is 0 Å². The van der Waals surface area contributed by atoms with E-state index in [0.717, 1.165) is 48.9 Å². The number of carbonyl (C=O) groups is 1. The fraction of sp³-hybridized carbons (Fsp3) is 0.889. The summed E-state index contributed by atoms with van der Waals surface area (Å²) < 4.78 is 0. The lowest BCUT2D eigenvalue weighted by molar-refractivity contribution is -0.127. The Labute approximate surface area is 174 Å². The van der Waals surface area contributed by atoms with Crippen LogP contribution in [0.25, 0.3) is 0 Å². The number of allylic oxidation sites excluding steroid dienone is 2. The van der Waals surface area contributed by atoms with Gasteiger partial charge in [-0.3, -0.25) is 4.79 Å². The first-order valence-corrected chi connectivity index (χ1v) is 12.5. The minimum atomic E-state index is 0.403. The predicted molar refractivity (Wildman–Crippen MR) is 118 cm³/mol. The number of hydrogen-bond donors (Lipinski definition) is 0. The molecule has 4 aliphatic carbocycles. The Morgan fingerprint density at radius 1 is 1.00 bits per heavy atom. The standard InChI is InChI=1S/C27H44O/c1-18(2)7-6-8-19(3)23-11-12-24-22-10-9-20-17-21(28)13-15-26(20,4)25(22)14-16-27(23,24)5/h10,18-20,23-25H,6-9,11-17H2,1-5H3/t19-,20+,23-,24+,25-,26-,27-/m0/s1. The van der Waals surface area contributed by atoms with Crippen molar-refractivity contribution in [3.05, 3.63) is 11.6 Å². The van der Waals surface area contributed by atoms with E-state index in [9.17, 15) is 4.79 Å². The van der Waals surface area contributed by atoms with Crippen LogP contribution < -0.4 is 0 Å². The molecule has 0 amide bonds. The van der Waals surface area contributed by atoms with Gasteiger partial charge in [-0.25, -0.2) is 0 Å². The number of hydrogen-bond acceptors (Lipinski definition) is 1. The fourth-order valence-corrected chi connectivity index (χ4v) is 8.33. The summed E-state index contributed by atoms with van der Waals surface area (Å²) in [6, 6.07) is 0. The van der Waals surface area contributed by atoms with E-state index < -0.39 is 0 Å². The third-order valence-electron chi connectivity index (χ3n) is 10.1. The molecule has 0 saturated heterocycles. The summed E-state index contributed by atoms with van der Waals surface area (Å²) in [7, 11) is 0. The van der Waals surface area contributed by atoms with Gasteiger partial charge in [0.15, 0.2) is 0 Å². The second-order valence-electron chi connectivity index (χ2n) is 12.0. The SMILES string of the molecule is CC(C)CCC[C@H](C)[C@@H]1CC[C@@H]2C3=CC[C@@H]4CC(=O)CC[C@]4(C)[C@H]3CC[C@]21C. The van der Waals surface area contributed by atoms with Gasteiger partial charge in [-0.15, -0.1) is 0 Å². The van der Waals surface area contributed by atoms with Crippen LogP contribution in [-0.4, -0.2) is 5.78 Å². The van der Waals surface area contributed by atoms with Gasteiger partial charge in [-0.1, -0.05) is 65.5 Å². The van der Waals surface area contributed by atoms with Gasteiger partial charge in [0.1, 0.15) is 5.78 Å². The lowest BCUT2D eigenvalue weighted by atomic mass is 9.47. The van der Waals surface area contributed by atoms with Crippen LogP contribution in [0.1, 0.15) is 105 Å². The summed E-state index contributed by atoms with van der Waals surface area (Å²) in [6.07, 6.45) is 16.6. The second-order valence-corrected chi connectivity index (χ2v) is 12.0. The van der Waals surface area contributed by atoms with Crippen LogP contribution in [0, 0.1) is 46.3 Å². The highest BCUT2D eigenvalue weighted by Crippen LogP contribution is 2.66. The number of fused-ring (bicyclic) bond motifs is 5. The maximum Gasteiger partial charge on any atom is 0.133 e. The van der Waals surface area contributed by atoms with Crippen molar-refractivity contribution in [1.29, 1.82) is 0 Å². The van der Waals surface area contributed by atoms with Gasteiger partial charge in [0, 0.05) is 12.8 Å². The molecule has 3 saturated carbocycles. The predicted octanol–water partition coefficient (Wildman–Crippen LogP) is 7.60. The van der Waals surface area contributed by atoms with Crippen LogP contribution in [-0.2, 0) is 4.79 Å². The Kier molecular flexibility index (Phi) is 5.60. The first-order valence-electron chi connectivity index (χ1n) is 12.5. The van der Waals surface area contributed by atoms with Crippen LogP contribution in [0.5, 0.6) is 0 Å². The van der Waals surface area contributed by atoms with E-state index in [1.807, 2.05) is 5.57 Å². The van der Waals surface area contributed by atoms with Crippen LogP contribution >= 0.6 is 0 Å². The fourth-order valence-electron chi connectivity index (χ4n) is 8.33. The quantitative estimate of drug-likeness (QED) is 0.446. The highest BCUT2D eigenvalue weighted by molar-refractivity contribution is 5.79. The van der Waals surface area contributed by atoms with E-state index in [2.05, 4.69) is 40.7 Å². The van der Waals surface area contributed by atoms with E-state index >= 15 is 0 Å². The van der Waals surface area contributed by atoms with Crippen molar-refractivity contribution < 1.29 is 4.79 Å². The van der Waals surface area contributed by atoms with Crippen LogP contribution in [0.2, 0.25) is 0 Å². The number of carbonyl (C=O) groups excluding carboxylic acids is 1. The molecule has 4 aliphatic rings. The molecule has 0 aromatic carbocycles. The molecular weight excluding hydrogens is 340 g/mol. The summed E-state index contributed by atoms with van der Waals surface area (Å²) in [5, 5.41) is 0. The molecule has 7 atom stereocenters. The van der Waals surface area contributed by atoms with Gasteiger partial charge in [-0.05, 0) is 84.9 Å². The molecule has 0 N–H and O–H groups in total. The molecule has 0 aromatic rings. The molecule has 158 valence electrons. The maximum atomic E-state index is 12.1. The number of rotatable bonds is 5. The Morgan fingerprint density at radius 2 is 1.75 bits per heavy atom. The highest BCUT2D eigenvalue weighted by Gasteiger charge is 2.58. The Morgan fingerprint density at radius 3 is 2.50 bits per heavy atom. The third kappa shape index (κ3) is 3.33. The molecule has 1 nitrogen and oxygen atoms in total. The van der Waals surface area contributed by atoms with E-state index in [0.29, 0.717) is 22.5 Å². The highest BCUT2D eigenvalue weighted by atomic mass is 16.1. The van der Waals surface area contributed by atoms with Gasteiger partial charge in [0.05, 0.1) is 0 Å². The molecule has 0 heterocycles. The van der Waals surface area contributed by atoms with E-state index in [4.69, 9.17) is 0 Å². The average molecular weight is 385 g/mol. The van der Waals surface area contributed by atoms with Gasteiger partial charge in [0.2, 0.25) is 0 Å². The van der Waals surface area contributed by atoms with Gasteiger partial charge >= 0.3 is 0 Å². The zero-order valence-electron chi connectivity index (χ0n) is 19.2. The molecule has 0 bridgehead atoms. The summed E-state index contributed by atoms with van der Waals surface area (Å²) >= 11 is 0. The number of ketones is 1. The summed E-state index contributed by atoms with van der Waals surface area (Å²) in [4.78, 5) is 12.1. The number of Topliss-reactive ketones (excluding diaryl/α,β-unsaturated/α-hetero) is 1. The zero-order chi connectivity index (χ0) is 20.1. The molecule has 0 spiro atoms. The lowest BCUT2D eigenvalue weighted by Crippen LogP contribution is -2.49. The molecule has 1 heteroatoms. The first kappa shape index (κ1) is 20.7. The van der Waals surface area contributed by atoms with Crippen LogP contribution in [0.15, 0.2) is 11.6 Å². The minimum Gasteiger partial charge on any atom is -0.300 e. The average Bonchev–Trinajstić information content (AvgIpc) is 2.99. The van der Waals surface area contributed by atoms with Gasteiger partial charge < -0.3 is 0 Å². The Balaban J connectivity index is 1.51. The van der Waals surface area contributed by atoms with Crippen molar-refractivity contribution in [2.24, 2.45) is 46.3 Å². The Hall–Kier alpha value is -0.590. The van der Waals surface area contributed by atoms with E-state index in [1.165, 1.54) is 51.4 Å². The summed E-state index contributed by atoms with van der Waals surface area (Å²) in [6.45, 7) is 12.5. The molecule has 28 heavy (non-hydrogen) atoms. The first-order chi connectivity index (χ1) is 13.3. The van der Waals surface area contributed by atoms with E-state index in [-0.39, 0.29) is 0 Å². The Bertz CT molecular complexity index is 630. The monoisotopic (exact) mass is 384 g/mol. The molecular formula is C27H44O. The normalized spacial score (nSPS) is 43.9. The van der Waals surface area contributed by atoms with Crippen molar-refractivity contribution in [2.45, 2.75) is 105 Å². The lowest BCUT2D eigenvalue weighted by Gasteiger charge is -2.57. The van der Waals surface area contributed by atoms with Crippen molar-refractivity contribution in [3.63, 3.8) is 0 Å². The summed E-state index contributed by atoms with van der Waals surface area (Å²) in [5.41, 5.74) is 2.78. The molecule has 4 rings (SSSR count). The molecule has 0 radical (unpaired) electrons. The minimum absolute atomic E-state index is 0.403. The van der Waals surface area contributed by atoms with Crippen molar-refractivity contribution in [2.75, 3.05) is 0 Å². The molecule has 0 unspecified atom stereocenters. The smallest absolute Gasteiger partial charge is 0.133 e. The molecule has 0 aromatic heterocycles. The van der Waals surface area contributed by atoms with Gasteiger partial charge in [0.25, 0.3) is 0 Å². The topological polar surface area (TPSA) is 17.1 Å². The second kappa shape index (κ2) is 7.59. The van der Waals surface area contributed by atoms with Crippen molar-refractivity contribution in [1.82, 2.24) is 0 Å². The third-order valence-corrected chi connectivity index (χ3v) is 10.1. The summed E-state index contributed by atoms with van der Waals surface area (Å²) in [5.74, 6) is 5.40. The largest absolute Gasteiger partial charge is 0.300 e. The van der Waals surface area contributed by atoms with Crippen LogP contribution in [0.4, 0.5) is 0 Å². The van der Waals surface area contributed by atoms with E-state index in [1.54, 1.807) is 0 Å². The van der Waals surface area contributed by atoms with Crippen LogP contribution in [0.3, 0.4) is 0 Å². The zero-order valence-corrected chi connectivity index (χ0v) is 19.2. The molecule has 0 aliphatic heterocycles. The van der Waals surface area contributed by atoms with Crippen molar-refractivity contribution >= 4 is 5.78 Å². The maximum absolute atomic E-state index is 12.1.